The second-order valence-electron chi connectivity index (χ2n) is 2.14. The van der Waals surface area contributed by atoms with Crippen LogP contribution in [0.15, 0.2) is 0 Å². The van der Waals surface area contributed by atoms with Crippen molar-refractivity contribution in [3.05, 3.63) is 0 Å². The summed E-state index contributed by atoms with van der Waals surface area (Å²) in [5.41, 5.74) is 2.19. The van der Waals surface area contributed by atoms with E-state index in [0.29, 0.717) is 0 Å². The Morgan fingerprint density at radius 1 is 1.46 bits per heavy atom. The molecule has 0 aromatic rings. The lowest BCUT2D eigenvalue weighted by Crippen LogP contribution is -2.39. The Bertz CT molecular complexity index is 185. The highest BCUT2D eigenvalue weighted by molar-refractivity contribution is 5.68. The number of hydrazine groups is 1. The number of hydrogen-bond donors (Lipinski definition) is 3. The Kier molecular flexibility index (Phi) is 5.57. The number of carbonyl (C=O) groups is 2. The zero-order valence-electron chi connectivity index (χ0n) is 7.49. The highest BCUT2D eigenvalue weighted by Gasteiger charge is 2.10. The summed E-state index contributed by atoms with van der Waals surface area (Å²) in [6.45, 7) is 2.72. The second-order valence-corrected chi connectivity index (χ2v) is 2.14. The first-order valence-electron chi connectivity index (χ1n) is 3.61. The molecule has 7 heteroatoms. The molecule has 0 aromatic heterocycles. The molecule has 13 heavy (non-hydrogen) atoms. The fourth-order valence-corrected chi connectivity index (χ4v) is 0.573. The van der Waals surface area contributed by atoms with Crippen molar-refractivity contribution in [2.45, 2.75) is 20.1 Å². The van der Waals surface area contributed by atoms with Crippen molar-refractivity contribution in [1.82, 2.24) is 10.7 Å². The predicted molar refractivity (Wildman–Crippen MR) is 43.0 cm³/mol. The normalized spacial score (nSPS) is 11.6. The van der Waals surface area contributed by atoms with Crippen molar-refractivity contribution >= 4 is 12.1 Å². The summed E-state index contributed by atoms with van der Waals surface area (Å²) >= 11 is 0. The van der Waals surface area contributed by atoms with E-state index in [4.69, 9.17) is 5.84 Å². The van der Waals surface area contributed by atoms with Crippen molar-refractivity contribution in [3.63, 3.8) is 0 Å². The van der Waals surface area contributed by atoms with E-state index in [1.54, 1.807) is 0 Å². The van der Waals surface area contributed by atoms with Gasteiger partial charge in [-0.05, 0) is 0 Å². The summed E-state index contributed by atoms with van der Waals surface area (Å²) in [7, 11) is 0. The van der Waals surface area contributed by atoms with Gasteiger partial charge in [0, 0.05) is 13.8 Å². The van der Waals surface area contributed by atoms with Gasteiger partial charge in [-0.2, -0.15) is 0 Å². The fourth-order valence-electron chi connectivity index (χ4n) is 0.573. The highest BCUT2D eigenvalue weighted by Crippen LogP contribution is 1.93. The van der Waals surface area contributed by atoms with Crippen molar-refractivity contribution in [3.8, 4) is 0 Å². The smallest absolute Gasteiger partial charge is 0.411 e. The van der Waals surface area contributed by atoms with Gasteiger partial charge >= 0.3 is 12.1 Å². The number of amides is 1. The van der Waals surface area contributed by atoms with Gasteiger partial charge in [-0.15, -0.1) is 0 Å². The third kappa shape index (κ3) is 7.04. The summed E-state index contributed by atoms with van der Waals surface area (Å²) < 4.78 is 9.10. The van der Waals surface area contributed by atoms with Crippen LogP contribution in [0.5, 0.6) is 0 Å². The number of carbonyl (C=O) groups excluding carboxylic acids is 2. The van der Waals surface area contributed by atoms with Crippen LogP contribution in [0.1, 0.15) is 13.8 Å². The molecule has 0 aliphatic rings. The molecule has 1 unspecified atom stereocenters. The Labute approximate surface area is 75.5 Å². The van der Waals surface area contributed by atoms with E-state index < -0.39 is 18.4 Å². The molecule has 0 aromatic carbocycles. The Balaban J connectivity index is 3.59. The van der Waals surface area contributed by atoms with E-state index in [9.17, 15) is 9.59 Å². The second kappa shape index (κ2) is 6.21. The van der Waals surface area contributed by atoms with Crippen molar-refractivity contribution in [2.24, 2.45) is 5.84 Å². The molecule has 0 saturated heterocycles. The molecule has 76 valence electrons. The number of nitrogens with one attached hydrogen (secondary N) is 2. The maximum atomic E-state index is 10.8. The first kappa shape index (κ1) is 11.7. The zero-order chi connectivity index (χ0) is 10.3. The van der Waals surface area contributed by atoms with Crippen molar-refractivity contribution < 1.29 is 19.1 Å². The minimum Gasteiger partial charge on any atom is -0.426 e. The van der Waals surface area contributed by atoms with E-state index in [2.05, 4.69) is 20.2 Å². The molecular weight excluding hydrogens is 178 g/mol. The molecule has 0 rings (SSSR count). The third-order valence-corrected chi connectivity index (χ3v) is 0.940. The molecule has 1 amide bonds. The summed E-state index contributed by atoms with van der Waals surface area (Å²) in [5, 5.41) is 2.25. The number of esters is 1. The number of rotatable bonds is 4. The number of ether oxygens (including phenoxy) is 2. The first-order chi connectivity index (χ1) is 6.06. The number of nitrogens with two attached hydrogens (primary N) is 1. The highest BCUT2D eigenvalue weighted by atomic mass is 16.7. The fraction of sp³-hybridized carbons (Fsp3) is 0.667. The van der Waals surface area contributed by atoms with Gasteiger partial charge in [0.1, 0.15) is 0 Å². The monoisotopic (exact) mass is 191 g/mol. The summed E-state index contributed by atoms with van der Waals surface area (Å²) in [5.74, 6) is 4.37. The van der Waals surface area contributed by atoms with Gasteiger partial charge in [0.25, 0.3) is 0 Å². The molecule has 4 N–H and O–H groups in total. The van der Waals surface area contributed by atoms with E-state index >= 15 is 0 Å². The molecule has 7 nitrogen and oxygen atoms in total. The van der Waals surface area contributed by atoms with E-state index in [1.165, 1.54) is 13.8 Å². The lowest BCUT2D eigenvalue weighted by molar-refractivity contribution is -0.162. The van der Waals surface area contributed by atoms with Gasteiger partial charge in [-0.1, -0.05) is 0 Å². The lowest BCUT2D eigenvalue weighted by atomic mass is 10.7. The quantitative estimate of drug-likeness (QED) is 0.229. The summed E-state index contributed by atoms with van der Waals surface area (Å²) in [6, 6.07) is 0. The Morgan fingerprint density at radius 2 is 2.08 bits per heavy atom. The molecule has 0 bridgehead atoms. The van der Waals surface area contributed by atoms with Gasteiger partial charge in [-0.3, -0.25) is 10.6 Å². The van der Waals surface area contributed by atoms with Gasteiger partial charge in [0.15, 0.2) is 0 Å². The van der Waals surface area contributed by atoms with Crippen LogP contribution in [0.4, 0.5) is 4.79 Å². The summed E-state index contributed by atoms with van der Waals surface area (Å²) in [6.07, 6.45) is -1.62. The van der Waals surface area contributed by atoms with Gasteiger partial charge in [-0.25, -0.2) is 10.2 Å². The maximum Gasteiger partial charge on any atom is 0.411 e. The number of hydrogen-bond acceptors (Lipinski definition) is 6. The van der Waals surface area contributed by atoms with Crippen LogP contribution in [-0.4, -0.2) is 25.0 Å². The lowest BCUT2D eigenvalue weighted by Gasteiger charge is -2.12. The van der Waals surface area contributed by atoms with Crippen LogP contribution in [0.2, 0.25) is 0 Å². The predicted octanol–water partition coefficient (Wildman–Crippen LogP) is -0.957. The zero-order valence-corrected chi connectivity index (χ0v) is 7.49. The largest absolute Gasteiger partial charge is 0.426 e. The molecule has 0 heterocycles. The average Bonchev–Trinajstić information content (AvgIpc) is 1.98. The average molecular weight is 191 g/mol. The first-order valence-corrected chi connectivity index (χ1v) is 3.61. The van der Waals surface area contributed by atoms with Gasteiger partial charge < -0.3 is 14.8 Å². The molecule has 1 atom stereocenters. The number of alkyl carbamates (subject to hydrolysis) is 1. The molecule has 0 fully saturated rings. The molecule has 0 aliphatic carbocycles. The van der Waals surface area contributed by atoms with Crippen molar-refractivity contribution in [1.29, 1.82) is 0 Å². The molecule has 0 aliphatic heterocycles. The maximum absolute atomic E-state index is 10.8. The van der Waals surface area contributed by atoms with Crippen LogP contribution in [0.25, 0.3) is 0 Å². The molecule has 0 radical (unpaired) electrons. The van der Waals surface area contributed by atoms with Crippen LogP contribution in [0.3, 0.4) is 0 Å². The standard InChI is InChI=1S/C6H13N3O4/c1-4(10)12-5(2)13-6(11)8-3-9-7/h5,9H,3,7H2,1-2H3,(H,8,11). The SMILES string of the molecule is CC(=O)OC(C)OC(=O)NCNN. The van der Waals surface area contributed by atoms with Crippen LogP contribution >= 0.6 is 0 Å². The van der Waals surface area contributed by atoms with E-state index in [-0.39, 0.29) is 6.67 Å². The third-order valence-electron chi connectivity index (χ3n) is 0.940. The Hall–Kier alpha value is -1.34. The van der Waals surface area contributed by atoms with Gasteiger partial charge in [0.2, 0.25) is 6.29 Å². The van der Waals surface area contributed by atoms with E-state index in [1.807, 2.05) is 0 Å². The topological polar surface area (TPSA) is 103 Å². The minimum atomic E-state index is -0.907. The van der Waals surface area contributed by atoms with E-state index in [0.717, 1.165) is 0 Å². The Morgan fingerprint density at radius 3 is 2.54 bits per heavy atom. The molecule has 0 saturated carbocycles. The van der Waals surface area contributed by atoms with Crippen molar-refractivity contribution in [2.75, 3.05) is 6.67 Å². The molecular formula is C6H13N3O4. The summed E-state index contributed by atoms with van der Waals surface area (Å²) in [4.78, 5) is 21.2. The van der Waals surface area contributed by atoms with Crippen LogP contribution < -0.4 is 16.6 Å². The molecule has 0 spiro atoms. The van der Waals surface area contributed by atoms with Crippen LogP contribution in [0, 0.1) is 0 Å². The minimum absolute atomic E-state index is 0.0750. The van der Waals surface area contributed by atoms with Gasteiger partial charge in [0.05, 0.1) is 6.67 Å². The van der Waals surface area contributed by atoms with Crippen LogP contribution in [-0.2, 0) is 14.3 Å².